The van der Waals surface area contributed by atoms with Crippen LogP contribution in [0.2, 0.25) is 0 Å². The number of hydrogen-bond donors (Lipinski definition) is 0. The Balaban J connectivity index is 1.58. The molecule has 9 atom stereocenters. The summed E-state index contributed by atoms with van der Waals surface area (Å²) in [5.74, 6) is -0.0936. The van der Waals surface area contributed by atoms with Crippen molar-refractivity contribution >= 4 is 23.7 Å². The van der Waals surface area contributed by atoms with Gasteiger partial charge in [-0.05, 0) is 96.9 Å². The summed E-state index contributed by atoms with van der Waals surface area (Å²) >= 11 is 0. The molecule has 0 heterocycles. The Morgan fingerprint density at radius 1 is 0.767 bits per heavy atom. The maximum absolute atomic E-state index is 14.1. The highest BCUT2D eigenvalue weighted by molar-refractivity contribution is 6.05. The van der Waals surface area contributed by atoms with Crippen molar-refractivity contribution in [3.05, 3.63) is 11.1 Å². The van der Waals surface area contributed by atoms with Gasteiger partial charge in [-0.2, -0.15) is 0 Å². The third kappa shape index (κ3) is 4.47. The monoisotopic (exact) mass is 598 g/mol. The Morgan fingerprint density at radius 3 is 2.00 bits per heavy atom. The van der Waals surface area contributed by atoms with E-state index in [1.165, 1.54) is 20.8 Å². The number of fused-ring (bicyclic) bond motifs is 7. The molecule has 5 rings (SSSR count). The number of rotatable bonds is 5. The van der Waals surface area contributed by atoms with Gasteiger partial charge in [0.1, 0.15) is 12.7 Å². The van der Waals surface area contributed by atoms with Crippen LogP contribution in [0.15, 0.2) is 11.1 Å². The van der Waals surface area contributed by atoms with E-state index in [0.717, 1.165) is 56.1 Å². The lowest BCUT2D eigenvalue weighted by atomic mass is 9.33. The standard InChI is InChI=1S/C36H54O7/c1-20(2)28-29-24-11-12-26-33(8)15-14-27(42-22(4)38)32(6,7)25(33)13-16-35(26,10)34(24,9)17-18-36(29,19-41-21(3)37)31(30(28)40)43-23(5)39/h20,24-27,31H,11-19H2,1-10H3/t24-,25+,26-,27+,31-,33+,34-,35-,36+/m1/s1. The molecule has 0 radical (unpaired) electrons. The molecule has 0 amide bonds. The molecule has 0 unspecified atom stereocenters. The summed E-state index contributed by atoms with van der Waals surface area (Å²) in [7, 11) is 0. The Labute approximate surface area is 258 Å². The fourth-order valence-corrected chi connectivity index (χ4v) is 11.8. The smallest absolute Gasteiger partial charge is 0.303 e. The molecule has 0 aromatic rings. The first kappa shape index (κ1) is 32.2. The van der Waals surface area contributed by atoms with Crippen molar-refractivity contribution in [2.24, 2.45) is 50.7 Å². The lowest BCUT2D eigenvalue weighted by molar-refractivity contribution is -0.235. The minimum atomic E-state index is -0.947. The third-order valence-corrected chi connectivity index (χ3v) is 13.8. The molecule has 5 aliphatic rings. The van der Waals surface area contributed by atoms with Crippen molar-refractivity contribution in [1.29, 1.82) is 0 Å². The molecule has 0 spiro atoms. The summed E-state index contributed by atoms with van der Waals surface area (Å²) in [4.78, 5) is 50.6. The number of ether oxygens (including phenoxy) is 3. The van der Waals surface area contributed by atoms with Gasteiger partial charge < -0.3 is 14.2 Å². The number of esters is 3. The van der Waals surface area contributed by atoms with E-state index in [0.29, 0.717) is 18.3 Å². The van der Waals surface area contributed by atoms with Crippen molar-refractivity contribution in [2.45, 2.75) is 133 Å². The van der Waals surface area contributed by atoms with E-state index in [2.05, 4.69) is 48.5 Å². The summed E-state index contributed by atoms with van der Waals surface area (Å²) in [6.07, 6.45) is 6.64. The largest absolute Gasteiger partial charge is 0.465 e. The van der Waals surface area contributed by atoms with Gasteiger partial charge in [0.15, 0.2) is 6.10 Å². The van der Waals surface area contributed by atoms with Crippen LogP contribution in [0.25, 0.3) is 0 Å². The van der Waals surface area contributed by atoms with Crippen molar-refractivity contribution < 1.29 is 33.4 Å². The van der Waals surface area contributed by atoms with Gasteiger partial charge >= 0.3 is 17.9 Å². The number of carbonyl (C=O) groups excluding carboxylic acids is 4. The van der Waals surface area contributed by atoms with E-state index in [-0.39, 0.29) is 63.9 Å². The molecule has 7 heteroatoms. The normalized spacial score (nSPS) is 43.2. The van der Waals surface area contributed by atoms with Gasteiger partial charge in [-0.25, -0.2) is 0 Å². The van der Waals surface area contributed by atoms with Crippen LogP contribution in [0.1, 0.15) is 121 Å². The van der Waals surface area contributed by atoms with Gasteiger partial charge in [-0.1, -0.05) is 48.5 Å². The van der Waals surface area contributed by atoms with Crippen LogP contribution in [-0.2, 0) is 33.4 Å². The fourth-order valence-electron chi connectivity index (χ4n) is 11.8. The summed E-state index contributed by atoms with van der Waals surface area (Å²) in [6.45, 7) is 20.6. The van der Waals surface area contributed by atoms with Crippen LogP contribution >= 0.6 is 0 Å². The van der Waals surface area contributed by atoms with Gasteiger partial charge in [0.25, 0.3) is 0 Å². The molecular formula is C36H54O7. The molecule has 0 aliphatic heterocycles. The van der Waals surface area contributed by atoms with E-state index in [1.807, 2.05) is 0 Å². The van der Waals surface area contributed by atoms with E-state index in [9.17, 15) is 19.2 Å². The van der Waals surface area contributed by atoms with Gasteiger partial charge in [0.05, 0.1) is 5.41 Å². The summed E-state index contributed by atoms with van der Waals surface area (Å²) in [5, 5.41) is 0. The third-order valence-electron chi connectivity index (χ3n) is 13.8. The van der Waals surface area contributed by atoms with Crippen LogP contribution < -0.4 is 0 Å². The highest BCUT2D eigenvalue weighted by Gasteiger charge is 2.72. The molecule has 7 nitrogen and oxygen atoms in total. The predicted molar refractivity (Wildman–Crippen MR) is 163 cm³/mol. The minimum Gasteiger partial charge on any atom is -0.465 e. The number of Topliss-reactive ketones (excluding diaryl/α,β-unsaturated/α-hetero) is 1. The molecule has 0 aromatic carbocycles. The van der Waals surface area contributed by atoms with Crippen LogP contribution in [-0.4, -0.2) is 42.5 Å². The molecular weight excluding hydrogens is 544 g/mol. The zero-order valence-electron chi connectivity index (χ0n) is 28.2. The summed E-state index contributed by atoms with van der Waals surface area (Å²) < 4.78 is 17.5. The van der Waals surface area contributed by atoms with Crippen LogP contribution in [0.3, 0.4) is 0 Å². The average molecular weight is 599 g/mol. The quantitative estimate of drug-likeness (QED) is 0.248. The predicted octanol–water partition coefficient (Wildman–Crippen LogP) is 7.00. The lowest BCUT2D eigenvalue weighted by Crippen LogP contribution is -2.66. The van der Waals surface area contributed by atoms with Crippen LogP contribution in [0.5, 0.6) is 0 Å². The Kier molecular flexibility index (Phi) is 7.82. The maximum Gasteiger partial charge on any atom is 0.303 e. The highest BCUT2D eigenvalue weighted by atomic mass is 16.6. The first-order valence-electron chi connectivity index (χ1n) is 16.6. The Morgan fingerprint density at radius 2 is 1.42 bits per heavy atom. The van der Waals surface area contributed by atoms with Crippen molar-refractivity contribution in [2.75, 3.05) is 6.61 Å². The second-order valence-electron chi connectivity index (χ2n) is 16.3. The Hall–Kier alpha value is -2.18. The van der Waals surface area contributed by atoms with Crippen molar-refractivity contribution in [1.82, 2.24) is 0 Å². The zero-order valence-corrected chi connectivity index (χ0v) is 28.2. The number of carbonyl (C=O) groups is 4. The number of ketones is 1. The zero-order chi connectivity index (χ0) is 31.9. The fraction of sp³-hybridized carbons (Fsp3) is 0.833. The van der Waals surface area contributed by atoms with Gasteiger partial charge in [0.2, 0.25) is 5.78 Å². The second-order valence-corrected chi connectivity index (χ2v) is 16.3. The second kappa shape index (κ2) is 10.4. The molecule has 4 fully saturated rings. The Bertz CT molecular complexity index is 1250. The highest BCUT2D eigenvalue weighted by Crippen LogP contribution is 2.76. The molecule has 0 N–H and O–H groups in total. The van der Waals surface area contributed by atoms with E-state index >= 15 is 0 Å². The van der Waals surface area contributed by atoms with E-state index < -0.39 is 17.5 Å². The first-order chi connectivity index (χ1) is 19.9. The number of hydrogen-bond acceptors (Lipinski definition) is 7. The van der Waals surface area contributed by atoms with Gasteiger partial charge in [-0.3, -0.25) is 19.2 Å². The molecule has 43 heavy (non-hydrogen) atoms. The van der Waals surface area contributed by atoms with Crippen molar-refractivity contribution in [3.8, 4) is 0 Å². The topological polar surface area (TPSA) is 96.0 Å². The van der Waals surface area contributed by atoms with Crippen molar-refractivity contribution in [3.63, 3.8) is 0 Å². The molecule has 240 valence electrons. The lowest BCUT2D eigenvalue weighted by Gasteiger charge is -2.72. The summed E-state index contributed by atoms with van der Waals surface area (Å²) in [6, 6.07) is 0. The molecule has 0 saturated heterocycles. The van der Waals surface area contributed by atoms with Gasteiger partial charge in [-0.15, -0.1) is 0 Å². The SMILES string of the molecule is CC(=O)OC[C@@]12CC[C@]3(C)[C@H](CC[C@@H]4[C@@]5(C)CC[C@H](OC(C)=O)C(C)(C)[C@@H]5CC[C@]43C)C1=C(C(C)C)C(=O)[C@H]2OC(C)=O. The molecule has 0 bridgehead atoms. The maximum atomic E-state index is 14.1. The first-order valence-corrected chi connectivity index (χ1v) is 16.6. The molecule has 0 aromatic heterocycles. The van der Waals surface area contributed by atoms with Crippen LogP contribution in [0, 0.1) is 50.7 Å². The minimum absolute atomic E-state index is 0.0294. The summed E-state index contributed by atoms with van der Waals surface area (Å²) in [5.41, 5.74) is 1.07. The molecule has 4 saturated carbocycles. The van der Waals surface area contributed by atoms with E-state index in [1.54, 1.807) is 0 Å². The van der Waals surface area contributed by atoms with E-state index in [4.69, 9.17) is 14.2 Å². The molecule has 5 aliphatic carbocycles. The average Bonchev–Trinajstić information content (AvgIpc) is 3.12. The van der Waals surface area contributed by atoms with Gasteiger partial charge in [0, 0.05) is 31.8 Å². The van der Waals surface area contributed by atoms with Crippen LogP contribution in [0.4, 0.5) is 0 Å².